The van der Waals surface area contributed by atoms with E-state index in [1.165, 1.54) is 16.1 Å². The van der Waals surface area contributed by atoms with Crippen molar-refractivity contribution in [1.29, 1.82) is 0 Å². The van der Waals surface area contributed by atoms with Crippen molar-refractivity contribution in [3.05, 3.63) is 45.4 Å². The molecular formula is C16H20N2OS. The monoisotopic (exact) mass is 288 g/mol. The molecule has 2 aromatic rings. The van der Waals surface area contributed by atoms with Gasteiger partial charge >= 0.3 is 0 Å². The molecule has 0 saturated heterocycles. The number of thiazole rings is 1. The summed E-state index contributed by atoms with van der Waals surface area (Å²) in [5.74, 6) is 0.918. The third kappa shape index (κ3) is 2.03. The van der Waals surface area contributed by atoms with E-state index in [9.17, 15) is 0 Å². The Morgan fingerprint density at radius 2 is 2.30 bits per heavy atom. The highest BCUT2D eigenvalue weighted by molar-refractivity contribution is 7.09. The zero-order chi connectivity index (χ0) is 14.2. The van der Waals surface area contributed by atoms with Crippen LogP contribution < -0.4 is 10.1 Å². The summed E-state index contributed by atoms with van der Waals surface area (Å²) in [4.78, 5) is 4.75. The van der Waals surface area contributed by atoms with Crippen LogP contribution in [0.3, 0.4) is 0 Å². The number of aromatic nitrogens is 1. The molecule has 0 amide bonds. The van der Waals surface area contributed by atoms with E-state index in [0.717, 1.165) is 30.8 Å². The molecular weight excluding hydrogens is 268 g/mol. The largest absolute Gasteiger partial charge is 0.497 e. The summed E-state index contributed by atoms with van der Waals surface area (Å²) in [6.07, 6.45) is 2.15. The predicted octanol–water partition coefficient (Wildman–Crippen LogP) is 3.26. The van der Waals surface area contributed by atoms with Crippen molar-refractivity contribution < 1.29 is 4.74 Å². The Kier molecular flexibility index (Phi) is 3.52. The van der Waals surface area contributed by atoms with Crippen LogP contribution in [0.1, 0.15) is 35.2 Å². The number of nitrogens with one attached hydrogen (secondary N) is 1. The number of benzene rings is 1. The lowest BCUT2D eigenvalue weighted by molar-refractivity contribution is 0.397. The number of fused-ring (bicyclic) bond motifs is 1. The van der Waals surface area contributed by atoms with Gasteiger partial charge in [0.2, 0.25) is 0 Å². The molecule has 1 aromatic heterocycles. The van der Waals surface area contributed by atoms with Crippen LogP contribution in [0.15, 0.2) is 23.6 Å². The van der Waals surface area contributed by atoms with Gasteiger partial charge in [0.05, 0.1) is 12.6 Å². The molecule has 0 spiro atoms. The number of hydrogen-bond acceptors (Lipinski definition) is 4. The molecule has 3 nitrogen and oxygen atoms in total. The maximum atomic E-state index is 5.41. The van der Waals surface area contributed by atoms with Gasteiger partial charge in [-0.05, 0) is 49.6 Å². The van der Waals surface area contributed by atoms with Crippen molar-refractivity contribution in [3.63, 3.8) is 0 Å². The summed E-state index contributed by atoms with van der Waals surface area (Å²) in [6.45, 7) is 5.14. The fraction of sp³-hybridized carbons (Fsp3) is 0.438. The third-order valence-corrected chi connectivity index (χ3v) is 5.13. The molecule has 0 radical (unpaired) electrons. The minimum Gasteiger partial charge on any atom is -0.497 e. The SMILES string of the molecule is CCNC1(c2nc(C)cs2)CCc2ccc(OC)cc21. The molecule has 106 valence electrons. The van der Waals surface area contributed by atoms with E-state index in [0.29, 0.717) is 0 Å². The number of aryl methyl sites for hydroxylation is 2. The summed E-state index contributed by atoms with van der Waals surface area (Å²) >= 11 is 1.75. The van der Waals surface area contributed by atoms with Crippen molar-refractivity contribution in [1.82, 2.24) is 10.3 Å². The minimum atomic E-state index is -0.141. The molecule has 1 N–H and O–H groups in total. The number of ether oxygens (including phenoxy) is 1. The first-order valence-corrected chi connectivity index (χ1v) is 7.92. The smallest absolute Gasteiger partial charge is 0.119 e. The van der Waals surface area contributed by atoms with E-state index in [-0.39, 0.29) is 5.54 Å². The van der Waals surface area contributed by atoms with Crippen molar-refractivity contribution in [2.24, 2.45) is 0 Å². The second-order valence-corrected chi connectivity index (χ2v) is 6.11. The molecule has 20 heavy (non-hydrogen) atoms. The van der Waals surface area contributed by atoms with Crippen molar-refractivity contribution >= 4 is 11.3 Å². The Labute approximate surface area is 124 Å². The molecule has 1 aliphatic carbocycles. The standard InChI is InChI=1S/C16H20N2OS/c1-4-17-16(15-18-11(2)10-20-15)8-7-12-5-6-13(19-3)9-14(12)16/h5-6,9-10,17H,4,7-8H2,1-3H3. The summed E-state index contributed by atoms with van der Waals surface area (Å²) < 4.78 is 5.41. The van der Waals surface area contributed by atoms with Gasteiger partial charge in [-0.3, -0.25) is 0 Å². The van der Waals surface area contributed by atoms with Crippen LogP contribution in [0, 0.1) is 6.92 Å². The molecule has 1 heterocycles. The number of rotatable bonds is 4. The lowest BCUT2D eigenvalue weighted by Gasteiger charge is -2.29. The van der Waals surface area contributed by atoms with Gasteiger partial charge in [0.1, 0.15) is 10.8 Å². The van der Waals surface area contributed by atoms with Crippen LogP contribution in [0.4, 0.5) is 0 Å². The second kappa shape index (κ2) is 5.19. The molecule has 4 heteroatoms. The quantitative estimate of drug-likeness (QED) is 0.937. The zero-order valence-corrected chi connectivity index (χ0v) is 13.0. The second-order valence-electron chi connectivity index (χ2n) is 5.25. The lowest BCUT2D eigenvalue weighted by atomic mass is 9.92. The number of hydrogen-bond donors (Lipinski definition) is 1. The maximum absolute atomic E-state index is 5.41. The van der Waals surface area contributed by atoms with Gasteiger partial charge in [-0.1, -0.05) is 13.0 Å². The average Bonchev–Trinajstić information content (AvgIpc) is 3.04. The highest BCUT2D eigenvalue weighted by Gasteiger charge is 2.42. The van der Waals surface area contributed by atoms with E-state index in [2.05, 4.69) is 36.7 Å². The highest BCUT2D eigenvalue weighted by Crippen LogP contribution is 2.44. The maximum Gasteiger partial charge on any atom is 0.119 e. The van der Waals surface area contributed by atoms with E-state index in [1.807, 2.05) is 6.07 Å². The molecule has 1 atom stereocenters. The Morgan fingerprint density at radius 3 is 2.95 bits per heavy atom. The van der Waals surface area contributed by atoms with Crippen LogP contribution in [0.5, 0.6) is 5.75 Å². The molecule has 0 bridgehead atoms. The van der Waals surface area contributed by atoms with Gasteiger partial charge in [-0.25, -0.2) is 4.98 Å². The topological polar surface area (TPSA) is 34.2 Å². The molecule has 1 aliphatic rings. The van der Waals surface area contributed by atoms with Gasteiger partial charge in [0.15, 0.2) is 0 Å². The average molecular weight is 288 g/mol. The van der Waals surface area contributed by atoms with E-state index < -0.39 is 0 Å². The van der Waals surface area contributed by atoms with Crippen LogP contribution in [0.25, 0.3) is 0 Å². The van der Waals surface area contributed by atoms with E-state index >= 15 is 0 Å². The summed E-state index contributed by atoms with van der Waals surface area (Å²) in [5, 5.41) is 6.99. The number of methoxy groups -OCH3 is 1. The van der Waals surface area contributed by atoms with Crippen LogP contribution >= 0.6 is 11.3 Å². The Bertz CT molecular complexity index is 619. The summed E-state index contributed by atoms with van der Waals surface area (Å²) in [6, 6.07) is 6.41. The predicted molar refractivity (Wildman–Crippen MR) is 82.6 cm³/mol. The Balaban J connectivity index is 2.15. The number of nitrogens with zero attached hydrogens (tertiary/aromatic N) is 1. The fourth-order valence-corrected chi connectivity index (χ4v) is 4.10. The van der Waals surface area contributed by atoms with Crippen molar-refractivity contribution in [3.8, 4) is 5.75 Å². The van der Waals surface area contributed by atoms with Crippen LogP contribution in [0.2, 0.25) is 0 Å². The van der Waals surface area contributed by atoms with Gasteiger partial charge in [0.25, 0.3) is 0 Å². The van der Waals surface area contributed by atoms with Crippen molar-refractivity contribution in [2.75, 3.05) is 13.7 Å². The molecule has 0 fully saturated rings. The van der Waals surface area contributed by atoms with Gasteiger partial charge in [-0.2, -0.15) is 0 Å². The molecule has 3 rings (SSSR count). The van der Waals surface area contributed by atoms with Gasteiger partial charge in [-0.15, -0.1) is 11.3 Å². The third-order valence-electron chi connectivity index (χ3n) is 4.01. The molecule has 1 aromatic carbocycles. The highest BCUT2D eigenvalue weighted by atomic mass is 32.1. The molecule has 0 aliphatic heterocycles. The summed E-state index contributed by atoms with van der Waals surface area (Å²) in [7, 11) is 1.72. The van der Waals surface area contributed by atoms with Gasteiger partial charge < -0.3 is 10.1 Å². The van der Waals surface area contributed by atoms with Crippen molar-refractivity contribution in [2.45, 2.75) is 32.2 Å². The Hall–Kier alpha value is -1.39. The first-order valence-electron chi connectivity index (χ1n) is 7.04. The first-order chi connectivity index (χ1) is 9.69. The van der Waals surface area contributed by atoms with Gasteiger partial charge in [0, 0.05) is 11.1 Å². The summed E-state index contributed by atoms with van der Waals surface area (Å²) in [5.41, 5.74) is 3.68. The van der Waals surface area contributed by atoms with Crippen LogP contribution in [-0.2, 0) is 12.0 Å². The Morgan fingerprint density at radius 1 is 1.45 bits per heavy atom. The van der Waals surface area contributed by atoms with Crippen LogP contribution in [-0.4, -0.2) is 18.6 Å². The normalized spacial score (nSPS) is 20.9. The van der Waals surface area contributed by atoms with E-state index in [1.54, 1.807) is 18.4 Å². The molecule has 0 saturated carbocycles. The molecule has 1 unspecified atom stereocenters. The fourth-order valence-electron chi connectivity index (χ4n) is 3.09. The van der Waals surface area contributed by atoms with E-state index in [4.69, 9.17) is 9.72 Å². The first kappa shape index (κ1) is 13.6. The lowest BCUT2D eigenvalue weighted by Crippen LogP contribution is -2.41. The minimum absolute atomic E-state index is 0.141. The zero-order valence-electron chi connectivity index (χ0n) is 12.2.